The fraction of sp³-hybridized carbons (Fsp3) is 0.560. The van der Waals surface area contributed by atoms with E-state index in [0.717, 1.165) is 63.1 Å². The number of likely N-dealkylation sites (tertiary alicyclic amines) is 1. The van der Waals surface area contributed by atoms with Crippen molar-refractivity contribution in [3.63, 3.8) is 0 Å². The van der Waals surface area contributed by atoms with E-state index in [-0.39, 0.29) is 6.61 Å². The van der Waals surface area contributed by atoms with Crippen molar-refractivity contribution < 1.29 is 9.50 Å². The number of anilines is 3. The van der Waals surface area contributed by atoms with Gasteiger partial charge < -0.3 is 15.3 Å². The highest BCUT2D eigenvalue weighted by Crippen LogP contribution is 2.31. The molecule has 0 spiro atoms. The SMILES string of the molecule is CCn1nc2c(Nc3ccc(Cl)cc3F)nc(N3CCC(N4CCC[C@H](CO)C4)CC3)nc2c1C. The van der Waals surface area contributed by atoms with E-state index < -0.39 is 5.82 Å². The fourth-order valence-corrected chi connectivity index (χ4v) is 5.53. The lowest BCUT2D eigenvalue weighted by molar-refractivity contribution is 0.0776. The van der Waals surface area contributed by atoms with Gasteiger partial charge in [0, 0.05) is 43.9 Å². The summed E-state index contributed by atoms with van der Waals surface area (Å²) in [6.45, 7) is 8.83. The molecule has 8 nitrogen and oxygen atoms in total. The number of nitrogens with one attached hydrogen (secondary N) is 1. The van der Waals surface area contributed by atoms with E-state index in [1.54, 1.807) is 12.1 Å². The summed E-state index contributed by atoms with van der Waals surface area (Å²) in [4.78, 5) is 14.5. The van der Waals surface area contributed by atoms with Gasteiger partial charge >= 0.3 is 0 Å². The first-order valence-electron chi connectivity index (χ1n) is 12.5. The summed E-state index contributed by atoms with van der Waals surface area (Å²) >= 11 is 5.94. The van der Waals surface area contributed by atoms with Gasteiger partial charge in [0.1, 0.15) is 11.3 Å². The third-order valence-corrected chi connectivity index (χ3v) is 7.61. The first-order valence-corrected chi connectivity index (χ1v) is 12.9. The number of hydrogen-bond acceptors (Lipinski definition) is 7. The highest BCUT2D eigenvalue weighted by atomic mass is 35.5. The third kappa shape index (κ3) is 4.94. The molecule has 35 heavy (non-hydrogen) atoms. The largest absolute Gasteiger partial charge is 0.396 e. The zero-order valence-corrected chi connectivity index (χ0v) is 21.1. The smallest absolute Gasteiger partial charge is 0.228 e. The number of rotatable bonds is 6. The molecule has 0 radical (unpaired) electrons. The molecular formula is C25H33ClFN7O. The summed E-state index contributed by atoms with van der Waals surface area (Å²) in [7, 11) is 0. The van der Waals surface area contributed by atoms with Crippen molar-refractivity contribution in [2.24, 2.45) is 5.92 Å². The topological polar surface area (TPSA) is 82.3 Å². The van der Waals surface area contributed by atoms with Crippen molar-refractivity contribution in [2.75, 3.05) is 43.0 Å². The summed E-state index contributed by atoms with van der Waals surface area (Å²) < 4.78 is 16.5. The van der Waals surface area contributed by atoms with Crippen molar-refractivity contribution >= 4 is 40.1 Å². The lowest BCUT2D eigenvalue weighted by Crippen LogP contribution is -2.49. The van der Waals surface area contributed by atoms with Gasteiger partial charge in [-0.05, 0) is 70.2 Å². The number of aliphatic hydroxyl groups excluding tert-OH is 1. The highest BCUT2D eigenvalue weighted by molar-refractivity contribution is 6.30. The Balaban J connectivity index is 1.41. The summed E-state index contributed by atoms with van der Waals surface area (Å²) in [5, 5.41) is 17.8. The Morgan fingerprint density at radius 2 is 1.94 bits per heavy atom. The van der Waals surface area contributed by atoms with Crippen molar-refractivity contribution in [1.82, 2.24) is 24.6 Å². The van der Waals surface area contributed by atoms with E-state index in [1.165, 1.54) is 6.07 Å². The quantitative estimate of drug-likeness (QED) is 0.519. The van der Waals surface area contributed by atoms with Gasteiger partial charge in [-0.3, -0.25) is 9.58 Å². The minimum absolute atomic E-state index is 0.276. The van der Waals surface area contributed by atoms with Crippen LogP contribution in [0.15, 0.2) is 18.2 Å². The fourth-order valence-electron chi connectivity index (χ4n) is 5.37. The van der Waals surface area contributed by atoms with Crippen LogP contribution >= 0.6 is 11.6 Å². The Hall–Kier alpha value is -2.49. The van der Waals surface area contributed by atoms with Gasteiger partial charge in [0.2, 0.25) is 5.95 Å². The van der Waals surface area contributed by atoms with E-state index in [0.29, 0.717) is 46.5 Å². The van der Waals surface area contributed by atoms with Gasteiger partial charge in [0.25, 0.3) is 0 Å². The van der Waals surface area contributed by atoms with Crippen LogP contribution in [0.25, 0.3) is 11.0 Å². The second kappa shape index (κ2) is 10.2. The predicted octanol–water partition coefficient (Wildman–Crippen LogP) is 4.36. The number of benzene rings is 1. The molecule has 0 aliphatic carbocycles. The van der Waals surface area contributed by atoms with E-state index >= 15 is 0 Å². The van der Waals surface area contributed by atoms with E-state index in [4.69, 9.17) is 21.6 Å². The summed E-state index contributed by atoms with van der Waals surface area (Å²) in [5.41, 5.74) is 2.66. The zero-order chi connectivity index (χ0) is 24.5. The van der Waals surface area contributed by atoms with Gasteiger partial charge in [-0.2, -0.15) is 10.1 Å². The molecule has 0 amide bonds. The van der Waals surface area contributed by atoms with Crippen LogP contribution in [0.1, 0.15) is 38.3 Å². The normalized spacial score (nSPS) is 20.0. The second-order valence-electron chi connectivity index (χ2n) is 9.62. The highest BCUT2D eigenvalue weighted by Gasteiger charge is 2.30. The molecule has 2 aliphatic heterocycles. The first-order chi connectivity index (χ1) is 17.0. The van der Waals surface area contributed by atoms with E-state index in [9.17, 15) is 9.50 Å². The average Bonchev–Trinajstić information content (AvgIpc) is 3.21. The number of aliphatic hydroxyl groups is 1. The Labute approximate surface area is 210 Å². The Morgan fingerprint density at radius 1 is 1.14 bits per heavy atom. The average molecular weight is 502 g/mol. The van der Waals surface area contributed by atoms with Gasteiger partial charge in [-0.15, -0.1) is 0 Å². The maximum absolute atomic E-state index is 14.6. The number of aryl methyl sites for hydroxylation is 2. The number of hydrogen-bond donors (Lipinski definition) is 2. The summed E-state index contributed by atoms with van der Waals surface area (Å²) in [6, 6.07) is 5.06. The third-order valence-electron chi connectivity index (χ3n) is 7.38. The predicted molar refractivity (Wildman–Crippen MR) is 137 cm³/mol. The molecule has 2 saturated heterocycles. The maximum Gasteiger partial charge on any atom is 0.228 e. The Bertz CT molecular complexity index is 1190. The molecule has 0 unspecified atom stereocenters. The van der Waals surface area contributed by atoms with Crippen LogP contribution in [-0.2, 0) is 6.54 Å². The summed E-state index contributed by atoms with van der Waals surface area (Å²) in [5.74, 6) is 1.08. The molecule has 188 valence electrons. The molecule has 1 aromatic carbocycles. The Morgan fingerprint density at radius 3 is 2.66 bits per heavy atom. The maximum atomic E-state index is 14.6. The van der Waals surface area contributed by atoms with Crippen molar-refractivity contribution in [1.29, 1.82) is 0 Å². The molecule has 2 fully saturated rings. The molecule has 2 N–H and O–H groups in total. The van der Waals surface area contributed by atoms with Gasteiger partial charge in [-0.1, -0.05) is 11.6 Å². The molecule has 4 heterocycles. The first kappa shape index (κ1) is 24.2. The van der Waals surface area contributed by atoms with Crippen LogP contribution in [0.2, 0.25) is 5.02 Å². The van der Waals surface area contributed by atoms with Crippen LogP contribution in [-0.4, -0.2) is 68.6 Å². The summed E-state index contributed by atoms with van der Waals surface area (Å²) in [6.07, 6.45) is 4.33. The zero-order valence-electron chi connectivity index (χ0n) is 20.3. The molecule has 10 heteroatoms. The Kier molecular flexibility index (Phi) is 7.09. The monoisotopic (exact) mass is 501 g/mol. The van der Waals surface area contributed by atoms with Gasteiger partial charge in [0.15, 0.2) is 11.3 Å². The minimum atomic E-state index is -0.444. The van der Waals surface area contributed by atoms with Crippen LogP contribution in [0.5, 0.6) is 0 Å². The number of aromatic nitrogens is 4. The number of halogens is 2. The van der Waals surface area contributed by atoms with Crippen LogP contribution in [0.3, 0.4) is 0 Å². The molecule has 2 aromatic heterocycles. The van der Waals surface area contributed by atoms with Crippen molar-refractivity contribution in [3.05, 3.63) is 34.7 Å². The molecule has 5 rings (SSSR count). The van der Waals surface area contributed by atoms with Crippen LogP contribution < -0.4 is 10.2 Å². The van der Waals surface area contributed by atoms with Gasteiger partial charge in [-0.25, -0.2) is 9.37 Å². The van der Waals surface area contributed by atoms with E-state index in [1.807, 2.05) is 18.5 Å². The lowest BCUT2D eigenvalue weighted by Gasteiger charge is -2.42. The van der Waals surface area contributed by atoms with Crippen LogP contribution in [0.4, 0.5) is 21.8 Å². The van der Waals surface area contributed by atoms with Gasteiger partial charge in [0.05, 0.1) is 11.4 Å². The molecular weight excluding hydrogens is 469 g/mol. The van der Waals surface area contributed by atoms with E-state index in [2.05, 4.69) is 20.2 Å². The number of piperidine rings is 2. The van der Waals surface area contributed by atoms with Crippen molar-refractivity contribution in [3.8, 4) is 0 Å². The lowest BCUT2D eigenvalue weighted by atomic mass is 9.94. The molecule has 0 bridgehead atoms. The number of fused-ring (bicyclic) bond motifs is 1. The second-order valence-corrected chi connectivity index (χ2v) is 10.1. The molecule has 0 saturated carbocycles. The molecule has 3 aromatic rings. The standard InChI is InChI=1S/C25H33ClFN7O/c1-3-34-16(2)22-23(31-34)24(28-21-7-6-18(26)13-20(21)27)30-25(29-22)32-11-8-19(9-12-32)33-10-4-5-17(14-33)15-35/h6-7,13,17,19,35H,3-5,8-12,14-15H2,1-2H3,(H,28,29,30)/t17-/m0/s1. The molecule has 1 atom stereocenters. The minimum Gasteiger partial charge on any atom is -0.396 e. The molecule has 2 aliphatic rings. The van der Waals surface area contributed by atoms with Crippen molar-refractivity contribution in [2.45, 2.75) is 52.1 Å². The number of nitrogens with zero attached hydrogens (tertiary/aromatic N) is 6. The van der Waals surface area contributed by atoms with Crippen LogP contribution in [0, 0.1) is 18.7 Å².